The zero-order chi connectivity index (χ0) is 33.1. The van der Waals surface area contributed by atoms with Gasteiger partial charge in [0.2, 0.25) is 0 Å². The molecule has 16 nitrogen and oxygen atoms in total. The summed E-state index contributed by atoms with van der Waals surface area (Å²) in [5, 5.41) is 0. The standard InChI is InChI=1S/C24H42O16S4/c1-14(5-4-10-37-41(25,26)27)17-6-7-18-22-19(13-21(24(17,18)3)40-44(34,35)36)23(2)9-8-16(38-42(28,29)30)11-15(23)12-20(22)39-43(31,32)33/h14-22H,4-13H2,1-3H3,(H,25,26,27)(H,28,29,30)(H,31,32,33)(H,34,35,36)/t14-,15-,16-,17?,18+,19?,20?,21+,22?,23+,24-/m0/s1. The van der Waals surface area contributed by atoms with E-state index in [0.29, 0.717) is 25.7 Å². The predicted molar refractivity (Wildman–Crippen MR) is 151 cm³/mol. The number of hydrogen-bond acceptors (Lipinski definition) is 12. The van der Waals surface area contributed by atoms with Crippen LogP contribution >= 0.6 is 0 Å². The molecule has 4 N–H and O–H groups in total. The Morgan fingerprint density at radius 3 is 1.93 bits per heavy atom. The Kier molecular flexibility index (Phi) is 10.3. The van der Waals surface area contributed by atoms with Crippen LogP contribution in [0.25, 0.3) is 0 Å². The van der Waals surface area contributed by atoms with Gasteiger partial charge in [-0.15, -0.1) is 0 Å². The molecule has 0 aliphatic heterocycles. The van der Waals surface area contributed by atoms with E-state index in [2.05, 4.69) is 4.18 Å². The molecule has 0 spiro atoms. The van der Waals surface area contributed by atoms with Crippen LogP contribution in [0.4, 0.5) is 0 Å². The van der Waals surface area contributed by atoms with Crippen molar-refractivity contribution in [3.8, 4) is 0 Å². The van der Waals surface area contributed by atoms with Crippen molar-refractivity contribution in [1.82, 2.24) is 0 Å². The Hall–Kier alpha value is -0.520. The minimum absolute atomic E-state index is 0.0781. The van der Waals surface area contributed by atoms with Crippen molar-refractivity contribution in [2.75, 3.05) is 6.61 Å². The maximum Gasteiger partial charge on any atom is 0.397 e. The van der Waals surface area contributed by atoms with Gasteiger partial charge in [0, 0.05) is 5.41 Å². The zero-order valence-electron chi connectivity index (χ0n) is 24.6. The lowest BCUT2D eigenvalue weighted by atomic mass is 9.43. The fraction of sp³-hybridized carbons (Fsp3) is 1.00. The fourth-order valence-electron chi connectivity index (χ4n) is 9.64. The van der Waals surface area contributed by atoms with Crippen LogP contribution in [0, 0.1) is 46.3 Å². The summed E-state index contributed by atoms with van der Waals surface area (Å²) in [6, 6.07) is 0. The van der Waals surface area contributed by atoms with E-state index in [4.69, 9.17) is 17.1 Å². The van der Waals surface area contributed by atoms with Gasteiger partial charge in [0.1, 0.15) is 0 Å². The van der Waals surface area contributed by atoms with Crippen molar-refractivity contribution >= 4 is 41.6 Å². The molecule has 0 aromatic rings. The quantitative estimate of drug-likeness (QED) is 0.167. The summed E-state index contributed by atoms with van der Waals surface area (Å²) in [7, 11) is -19.3. The van der Waals surface area contributed by atoms with Crippen LogP contribution in [0.15, 0.2) is 0 Å². The first-order chi connectivity index (χ1) is 19.9. The average Bonchev–Trinajstić information content (AvgIpc) is 3.18. The van der Waals surface area contributed by atoms with Crippen molar-refractivity contribution in [3.63, 3.8) is 0 Å². The van der Waals surface area contributed by atoms with Gasteiger partial charge < -0.3 is 0 Å². The second-order valence-corrected chi connectivity index (χ2v) is 17.6. The SMILES string of the molecule is C[C@@H](CCCOS(=O)(=O)O)C1CC[C@@H]2C3C(OS(=O)(=O)O)C[C@@H]4C[C@@H](OS(=O)(=O)O)CC[C@@]4(C)C3C[C@@H](OS(=O)(=O)O)[C@@]12C. The van der Waals surface area contributed by atoms with Crippen LogP contribution in [0.3, 0.4) is 0 Å². The molecular formula is C24H42O16S4. The summed E-state index contributed by atoms with van der Waals surface area (Å²) in [6.45, 7) is 5.43. The smallest absolute Gasteiger partial charge is 0.264 e. The van der Waals surface area contributed by atoms with Gasteiger partial charge >= 0.3 is 41.6 Å². The Labute approximate surface area is 259 Å². The highest BCUT2D eigenvalue weighted by molar-refractivity contribution is 7.81. The molecule has 4 aliphatic carbocycles. The number of fused-ring (bicyclic) bond motifs is 5. The molecule has 0 radical (unpaired) electrons. The first-order valence-electron chi connectivity index (χ1n) is 14.5. The molecule has 11 atom stereocenters. The Bertz CT molecular complexity index is 1500. The largest absolute Gasteiger partial charge is 0.397 e. The highest BCUT2D eigenvalue weighted by atomic mass is 32.3. The maximum atomic E-state index is 12.2. The van der Waals surface area contributed by atoms with Gasteiger partial charge in [0.15, 0.2) is 0 Å². The van der Waals surface area contributed by atoms with E-state index >= 15 is 0 Å². The van der Waals surface area contributed by atoms with Crippen molar-refractivity contribution in [2.45, 2.75) is 96.9 Å². The summed E-state index contributed by atoms with van der Waals surface area (Å²) in [5.74, 6) is -2.07. The van der Waals surface area contributed by atoms with Crippen LogP contribution in [-0.4, -0.2) is 76.8 Å². The van der Waals surface area contributed by atoms with Crippen LogP contribution in [0.1, 0.15) is 78.6 Å². The molecule has 258 valence electrons. The molecule has 4 saturated carbocycles. The maximum absolute atomic E-state index is 12.2. The van der Waals surface area contributed by atoms with Crippen LogP contribution in [-0.2, 0) is 58.3 Å². The van der Waals surface area contributed by atoms with Gasteiger partial charge in [0.05, 0.1) is 24.9 Å². The third kappa shape index (κ3) is 8.12. The lowest BCUT2D eigenvalue weighted by Crippen LogP contribution is -2.63. The minimum Gasteiger partial charge on any atom is -0.264 e. The summed E-state index contributed by atoms with van der Waals surface area (Å²) < 4.78 is 151. The molecule has 4 aliphatic rings. The summed E-state index contributed by atoms with van der Waals surface area (Å²) in [6.07, 6.45) is -0.227. The molecular weight excluding hydrogens is 673 g/mol. The van der Waals surface area contributed by atoms with E-state index in [9.17, 15) is 47.3 Å². The monoisotopic (exact) mass is 714 g/mol. The predicted octanol–water partition coefficient (Wildman–Crippen LogP) is 2.66. The van der Waals surface area contributed by atoms with Gasteiger partial charge in [-0.3, -0.25) is 18.2 Å². The van der Waals surface area contributed by atoms with E-state index in [1.54, 1.807) is 0 Å². The van der Waals surface area contributed by atoms with Crippen molar-refractivity contribution in [3.05, 3.63) is 0 Å². The summed E-state index contributed by atoms with van der Waals surface area (Å²) in [4.78, 5) is 0. The van der Waals surface area contributed by atoms with Crippen LogP contribution in [0.5, 0.6) is 0 Å². The van der Waals surface area contributed by atoms with Gasteiger partial charge in [-0.1, -0.05) is 20.8 Å². The number of hydrogen-bond donors (Lipinski definition) is 4. The normalized spacial score (nSPS) is 40.5. The minimum atomic E-state index is -4.94. The first-order valence-corrected chi connectivity index (χ1v) is 20.0. The van der Waals surface area contributed by atoms with E-state index in [1.165, 1.54) is 0 Å². The van der Waals surface area contributed by atoms with Crippen molar-refractivity contribution in [2.24, 2.45) is 46.3 Å². The molecule has 0 saturated heterocycles. The van der Waals surface area contributed by atoms with Gasteiger partial charge in [-0.05, 0) is 98.7 Å². The van der Waals surface area contributed by atoms with Gasteiger partial charge in [0.25, 0.3) is 0 Å². The van der Waals surface area contributed by atoms with E-state index in [1.807, 2.05) is 20.8 Å². The van der Waals surface area contributed by atoms with Crippen LogP contribution < -0.4 is 0 Å². The Morgan fingerprint density at radius 2 is 1.36 bits per heavy atom. The highest BCUT2D eigenvalue weighted by Gasteiger charge is 2.67. The molecule has 20 heteroatoms. The number of rotatable bonds is 12. The lowest BCUT2D eigenvalue weighted by molar-refractivity contribution is -0.196. The molecule has 0 aromatic carbocycles. The molecule has 0 bridgehead atoms. The molecule has 4 fully saturated rings. The fourth-order valence-corrected chi connectivity index (χ4v) is 11.6. The molecule has 4 rings (SSSR count). The Morgan fingerprint density at radius 1 is 0.750 bits per heavy atom. The third-order valence-corrected chi connectivity index (χ3v) is 13.2. The topological polar surface area (TPSA) is 254 Å². The zero-order valence-corrected chi connectivity index (χ0v) is 27.9. The molecule has 0 heterocycles. The van der Waals surface area contributed by atoms with E-state index in [0.717, 1.165) is 0 Å². The summed E-state index contributed by atoms with van der Waals surface area (Å²) >= 11 is 0. The van der Waals surface area contributed by atoms with Gasteiger partial charge in [-0.25, -0.2) is 16.7 Å². The Balaban J connectivity index is 1.71. The summed E-state index contributed by atoms with van der Waals surface area (Å²) in [5.41, 5.74) is -1.53. The highest BCUT2D eigenvalue weighted by Crippen LogP contribution is 2.69. The van der Waals surface area contributed by atoms with Crippen molar-refractivity contribution in [1.29, 1.82) is 0 Å². The van der Waals surface area contributed by atoms with E-state index in [-0.39, 0.29) is 56.5 Å². The molecule has 0 amide bonds. The van der Waals surface area contributed by atoms with Crippen molar-refractivity contribution < 1.29 is 68.6 Å². The van der Waals surface area contributed by atoms with Crippen LogP contribution in [0.2, 0.25) is 0 Å². The second-order valence-electron chi connectivity index (χ2n) is 13.4. The lowest BCUT2D eigenvalue weighted by Gasteiger charge is -2.64. The average molecular weight is 715 g/mol. The molecule has 44 heavy (non-hydrogen) atoms. The first kappa shape index (κ1) is 36.3. The van der Waals surface area contributed by atoms with E-state index < -0.39 is 88.5 Å². The van der Waals surface area contributed by atoms with Gasteiger partial charge in [-0.2, -0.15) is 33.7 Å². The molecule has 4 unspecified atom stereocenters. The molecule has 0 aromatic heterocycles. The second kappa shape index (κ2) is 12.5. The third-order valence-electron chi connectivity index (χ3n) is 11.2.